The van der Waals surface area contributed by atoms with E-state index in [-0.39, 0.29) is 30.6 Å². The van der Waals surface area contributed by atoms with Crippen molar-refractivity contribution < 1.29 is 17.9 Å². The Morgan fingerprint density at radius 1 is 1.21 bits per heavy atom. The lowest BCUT2D eigenvalue weighted by Gasteiger charge is -2.37. The average Bonchev–Trinajstić information content (AvgIpc) is 2.57. The van der Waals surface area contributed by atoms with Crippen LogP contribution in [0, 0.1) is 0 Å². The van der Waals surface area contributed by atoms with Crippen molar-refractivity contribution in [3.63, 3.8) is 0 Å². The fraction of sp³-hybridized carbons (Fsp3) is 0.250. The first-order valence-electron chi connectivity index (χ1n) is 7.43. The molecule has 0 bridgehead atoms. The third kappa shape index (κ3) is 3.72. The number of hydrogen-bond acceptors (Lipinski definition) is 5. The zero-order chi connectivity index (χ0) is 17.0. The number of hydrogen-bond donors (Lipinski definition) is 1. The maximum Gasteiger partial charge on any atom is 0.407 e. The molecule has 0 radical (unpaired) electrons. The molecule has 2 heterocycles. The highest BCUT2D eigenvalue weighted by molar-refractivity contribution is 7.89. The molecule has 0 spiro atoms. The number of rotatable bonds is 5. The molecule has 1 N–H and O–H groups in total. The molecule has 1 saturated heterocycles. The van der Waals surface area contributed by atoms with E-state index in [1.165, 1.54) is 22.8 Å². The molecule has 2 aromatic rings. The van der Waals surface area contributed by atoms with Crippen LogP contribution in [0.5, 0.6) is 0 Å². The number of nitrogens with one attached hydrogen (secondary N) is 1. The Morgan fingerprint density at radius 3 is 2.62 bits per heavy atom. The number of pyridine rings is 1. The van der Waals surface area contributed by atoms with E-state index in [2.05, 4.69) is 10.3 Å². The Balaban J connectivity index is 1.46. The molecule has 24 heavy (non-hydrogen) atoms. The van der Waals surface area contributed by atoms with Crippen molar-refractivity contribution in [3.05, 3.63) is 60.4 Å². The summed E-state index contributed by atoms with van der Waals surface area (Å²) in [6.07, 6.45) is 2.27. The van der Waals surface area contributed by atoms with E-state index in [0.717, 1.165) is 5.56 Å². The number of amides is 1. The van der Waals surface area contributed by atoms with E-state index < -0.39 is 16.1 Å². The lowest BCUT2D eigenvalue weighted by atomic mass is 10.2. The molecule has 1 fully saturated rings. The molecule has 126 valence electrons. The standard InChI is InChI=1S/C16H17N3O4S/c20-16(23-12-13-5-2-1-3-6-13)18-14-10-19(11-14)24(21,22)15-7-4-8-17-9-15/h1-9,14H,10-12H2,(H,18,20). The summed E-state index contributed by atoms with van der Waals surface area (Å²) in [5.41, 5.74) is 0.891. The highest BCUT2D eigenvalue weighted by Gasteiger charge is 2.37. The number of aromatic nitrogens is 1. The first-order valence-corrected chi connectivity index (χ1v) is 8.87. The quantitative estimate of drug-likeness (QED) is 0.883. The van der Waals surface area contributed by atoms with Crippen LogP contribution in [0.1, 0.15) is 5.56 Å². The van der Waals surface area contributed by atoms with E-state index in [9.17, 15) is 13.2 Å². The summed E-state index contributed by atoms with van der Waals surface area (Å²) in [6, 6.07) is 12.2. The monoisotopic (exact) mass is 347 g/mol. The number of carbonyl (C=O) groups is 1. The maximum absolute atomic E-state index is 12.3. The molecule has 0 unspecified atom stereocenters. The van der Waals surface area contributed by atoms with Crippen molar-refractivity contribution >= 4 is 16.1 Å². The third-order valence-electron chi connectivity index (χ3n) is 3.65. The van der Waals surface area contributed by atoms with Gasteiger partial charge in [0.25, 0.3) is 0 Å². The highest BCUT2D eigenvalue weighted by atomic mass is 32.2. The summed E-state index contributed by atoms with van der Waals surface area (Å²) in [6.45, 7) is 0.617. The van der Waals surface area contributed by atoms with E-state index in [4.69, 9.17) is 4.74 Å². The second kappa shape index (κ2) is 6.98. The molecule has 1 aromatic heterocycles. The maximum atomic E-state index is 12.3. The minimum Gasteiger partial charge on any atom is -0.445 e. The van der Waals surface area contributed by atoms with Crippen molar-refractivity contribution in [1.29, 1.82) is 0 Å². The van der Waals surface area contributed by atoms with Gasteiger partial charge in [-0.2, -0.15) is 4.31 Å². The topological polar surface area (TPSA) is 88.6 Å². The third-order valence-corrected chi connectivity index (χ3v) is 5.47. The van der Waals surface area contributed by atoms with Gasteiger partial charge in [-0.1, -0.05) is 30.3 Å². The summed E-state index contributed by atoms with van der Waals surface area (Å²) < 4.78 is 31.0. The van der Waals surface area contributed by atoms with Crippen molar-refractivity contribution in [3.8, 4) is 0 Å². The lowest BCUT2D eigenvalue weighted by Crippen LogP contribution is -2.60. The van der Waals surface area contributed by atoms with Gasteiger partial charge in [-0.15, -0.1) is 0 Å². The molecular formula is C16H17N3O4S. The highest BCUT2D eigenvalue weighted by Crippen LogP contribution is 2.20. The summed E-state index contributed by atoms with van der Waals surface area (Å²) in [5, 5.41) is 2.66. The van der Waals surface area contributed by atoms with Crippen LogP contribution >= 0.6 is 0 Å². The molecule has 1 aromatic carbocycles. The minimum atomic E-state index is -3.55. The number of sulfonamides is 1. The molecule has 8 heteroatoms. The normalized spacial score (nSPS) is 15.5. The van der Waals surface area contributed by atoms with Crippen molar-refractivity contribution in [2.75, 3.05) is 13.1 Å². The van der Waals surface area contributed by atoms with E-state index in [1.54, 1.807) is 6.07 Å². The Labute approximate surface area is 140 Å². The largest absolute Gasteiger partial charge is 0.445 e. The summed E-state index contributed by atoms with van der Waals surface area (Å²) in [4.78, 5) is 15.7. The lowest BCUT2D eigenvalue weighted by molar-refractivity contribution is 0.123. The van der Waals surface area contributed by atoms with Gasteiger partial charge in [-0.25, -0.2) is 13.2 Å². The van der Waals surface area contributed by atoms with Gasteiger partial charge in [0.15, 0.2) is 0 Å². The Bertz CT molecular complexity index is 791. The Morgan fingerprint density at radius 2 is 1.96 bits per heavy atom. The van der Waals surface area contributed by atoms with Crippen LogP contribution in [-0.2, 0) is 21.4 Å². The molecule has 1 amide bonds. The minimum absolute atomic E-state index is 0.148. The summed E-state index contributed by atoms with van der Waals surface area (Å²) >= 11 is 0. The fourth-order valence-corrected chi connectivity index (χ4v) is 3.80. The van der Waals surface area contributed by atoms with Gasteiger partial charge in [-0.05, 0) is 17.7 Å². The fourth-order valence-electron chi connectivity index (χ4n) is 2.31. The number of nitrogens with zero attached hydrogens (tertiary/aromatic N) is 2. The van der Waals surface area contributed by atoms with Crippen LogP contribution in [0.3, 0.4) is 0 Å². The molecule has 1 aliphatic rings. The van der Waals surface area contributed by atoms with Gasteiger partial charge in [0.1, 0.15) is 11.5 Å². The predicted molar refractivity (Wildman–Crippen MR) is 86.5 cm³/mol. The van der Waals surface area contributed by atoms with Crippen molar-refractivity contribution in [1.82, 2.24) is 14.6 Å². The molecule has 3 rings (SSSR count). The molecule has 1 aliphatic heterocycles. The second-order valence-electron chi connectivity index (χ2n) is 5.41. The van der Waals surface area contributed by atoms with E-state index >= 15 is 0 Å². The van der Waals surface area contributed by atoms with Crippen molar-refractivity contribution in [2.24, 2.45) is 0 Å². The van der Waals surface area contributed by atoms with E-state index in [1.807, 2.05) is 30.3 Å². The van der Waals surface area contributed by atoms with Crippen LogP contribution in [0.2, 0.25) is 0 Å². The first-order chi connectivity index (χ1) is 11.6. The summed E-state index contributed by atoms with van der Waals surface area (Å²) in [5.74, 6) is 0. The molecule has 0 aliphatic carbocycles. The number of alkyl carbamates (subject to hydrolysis) is 1. The zero-order valence-corrected chi connectivity index (χ0v) is 13.6. The molecule has 0 atom stereocenters. The SMILES string of the molecule is O=C(NC1CN(S(=O)(=O)c2cccnc2)C1)OCc1ccccc1. The molecule has 7 nitrogen and oxygen atoms in total. The van der Waals surface area contributed by atoms with Gasteiger partial charge in [0, 0.05) is 25.5 Å². The van der Waals surface area contributed by atoms with E-state index in [0.29, 0.717) is 0 Å². The Hall–Kier alpha value is -2.45. The van der Waals surface area contributed by atoms with Gasteiger partial charge in [0.05, 0.1) is 6.04 Å². The summed E-state index contributed by atoms with van der Waals surface area (Å²) in [7, 11) is -3.55. The van der Waals surface area contributed by atoms with Crippen LogP contribution in [0.25, 0.3) is 0 Å². The zero-order valence-electron chi connectivity index (χ0n) is 12.8. The van der Waals surface area contributed by atoms with Gasteiger partial charge < -0.3 is 10.1 Å². The molecule has 0 saturated carbocycles. The second-order valence-corrected chi connectivity index (χ2v) is 7.35. The smallest absolute Gasteiger partial charge is 0.407 e. The Kier molecular flexibility index (Phi) is 4.77. The molecular weight excluding hydrogens is 330 g/mol. The van der Waals surface area contributed by atoms with Crippen LogP contribution in [0.4, 0.5) is 4.79 Å². The average molecular weight is 347 g/mol. The first kappa shape index (κ1) is 16.4. The van der Waals surface area contributed by atoms with Gasteiger partial charge in [-0.3, -0.25) is 4.98 Å². The van der Waals surface area contributed by atoms with Gasteiger partial charge >= 0.3 is 6.09 Å². The van der Waals surface area contributed by atoms with Gasteiger partial charge in [0.2, 0.25) is 10.0 Å². The van der Waals surface area contributed by atoms with Crippen molar-refractivity contribution in [2.45, 2.75) is 17.5 Å². The van der Waals surface area contributed by atoms with Crippen LogP contribution in [-0.4, -0.2) is 42.9 Å². The van der Waals surface area contributed by atoms with Crippen LogP contribution in [0.15, 0.2) is 59.8 Å². The van der Waals surface area contributed by atoms with Crippen LogP contribution < -0.4 is 5.32 Å². The predicted octanol–water partition coefficient (Wildman–Crippen LogP) is 1.38. The number of benzene rings is 1. The number of ether oxygens (including phenoxy) is 1. The number of carbonyl (C=O) groups excluding carboxylic acids is 1.